The Kier molecular flexibility index (Phi) is 5.66. The minimum atomic E-state index is -4.81. The second-order valence-corrected chi connectivity index (χ2v) is 5.14. The number of carbonyl (C=O) groups excluding carboxylic acids is 2. The van der Waals surface area contributed by atoms with E-state index in [4.69, 9.17) is 4.74 Å². The zero-order valence-electron chi connectivity index (χ0n) is 12.9. The van der Waals surface area contributed by atoms with E-state index >= 15 is 0 Å². The van der Waals surface area contributed by atoms with E-state index in [0.717, 1.165) is 12.1 Å². The molecule has 9 heteroatoms. The Hall–Kier alpha value is -2.29. The first-order valence-electron chi connectivity index (χ1n) is 7.35. The lowest BCUT2D eigenvalue weighted by Crippen LogP contribution is -2.50. The fourth-order valence-electron chi connectivity index (χ4n) is 2.41. The summed E-state index contributed by atoms with van der Waals surface area (Å²) >= 11 is 0. The molecule has 6 nitrogen and oxygen atoms in total. The molecular formula is C15H17F3N2O4. The fourth-order valence-corrected chi connectivity index (χ4v) is 2.41. The lowest BCUT2D eigenvalue weighted by Gasteiger charge is -2.32. The Morgan fingerprint density at radius 1 is 1.46 bits per heavy atom. The third-order valence-electron chi connectivity index (χ3n) is 3.47. The summed E-state index contributed by atoms with van der Waals surface area (Å²) in [5.74, 6) is -1.42. The van der Waals surface area contributed by atoms with Crippen molar-refractivity contribution in [2.24, 2.45) is 0 Å². The minimum absolute atomic E-state index is 0.142. The molecule has 1 amide bonds. The second kappa shape index (κ2) is 7.52. The highest BCUT2D eigenvalue weighted by Gasteiger charge is 2.33. The van der Waals surface area contributed by atoms with E-state index in [2.05, 4.69) is 10.1 Å². The van der Waals surface area contributed by atoms with Gasteiger partial charge in [-0.1, -0.05) is 13.0 Å². The van der Waals surface area contributed by atoms with Gasteiger partial charge in [0.05, 0.1) is 6.42 Å². The molecule has 0 saturated carbocycles. The molecule has 1 aromatic rings. The smallest absolute Gasteiger partial charge is 0.463 e. The third kappa shape index (κ3) is 5.12. The number of halogens is 3. The Labute approximate surface area is 136 Å². The number of amides is 1. The number of nitrogens with zero attached hydrogens (tertiary/aromatic N) is 1. The van der Waals surface area contributed by atoms with Crippen LogP contribution in [-0.4, -0.2) is 48.9 Å². The summed E-state index contributed by atoms with van der Waals surface area (Å²) < 4.78 is 45.3. The SMILES string of the molecule is CCN1CCOC(=O)[C@@H]1CC(=O)Nc1cccc(OC(F)(F)F)c1. The number of hydrogen-bond donors (Lipinski definition) is 1. The molecule has 1 N–H and O–H groups in total. The van der Waals surface area contributed by atoms with Crippen molar-refractivity contribution in [3.63, 3.8) is 0 Å². The molecule has 1 aromatic carbocycles. The number of ether oxygens (including phenoxy) is 2. The molecule has 1 aliphatic heterocycles. The van der Waals surface area contributed by atoms with Crippen molar-refractivity contribution in [2.45, 2.75) is 25.7 Å². The molecule has 1 aliphatic rings. The van der Waals surface area contributed by atoms with Crippen LogP contribution in [0.5, 0.6) is 5.75 Å². The van der Waals surface area contributed by atoms with Crippen molar-refractivity contribution in [1.29, 1.82) is 0 Å². The lowest BCUT2D eigenvalue weighted by molar-refractivity contribution is -0.274. The highest BCUT2D eigenvalue weighted by molar-refractivity contribution is 5.94. The van der Waals surface area contributed by atoms with Crippen LogP contribution in [0.2, 0.25) is 0 Å². The molecular weight excluding hydrogens is 329 g/mol. The van der Waals surface area contributed by atoms with Crippen LogP contribution in [0.15, 0.2) is 24.3 Å². The molecule has 0 bridgehead atoms. The molecule has 1 saturated heterocycles. The fraction of sp³-hybridized carbons (Fsp3) is 0.467. The Morgan fingerprint density at radius 2 is 2.21 bits per heavy atom. The molecule has 24 heavy (non-hydrogen) atoms. The van der Waals surface area contributed by atoms with E-state index in [1.165, 1.54) is 12.1 Å². The number of anilines is 1. The van der Waals surface area contributed by atoms with Gasteiger partial charge in [0, 0.05) is 18.3 Å². The number of carbonyl (C=O) groups is 2. The highest BCUT2D eigenvalue weighted by Crippen LogP contribution is 2.25. The summed E-state index contributed by atoms with van der Waals surface area (Å²) in [4.78, 5) is 25.7. The zero-order valence-corrected chi connectivity index (χ0v) is 12.9. The number of benzene rings is 1. The van der Waals surface area contributed by atoms with Gasteiger partial charge in [0.15, 0.2) is 0 Å². The van der Waals surface area contributed by atoms with E-state index in [1.807, 2.05) is 11.8 Å². The summed E-state index contributed by atoms with van der Waals surface area (Å²) in [6.07, 6.45) is -4.95. The first-order chi connectivity index (χ1) is 11.3. The molecule has 1 heterocycles. The maximum atomic E-state index is 12.2. The van der Waals surface area contributed by atoms with Crippen LogP contribution in [-0.2, 0) is 14.3 Å². The number of nitrogens with one attached hydrogen (secondary N) is 1. The summed E-state index contributed by atoms with van der Waals surface area (Å²) in [6.45, 7) is 3.26. The largest absolute Gasteiger partial charge is 0.573 e. The van der Waals surface area contributed by atoms with Gasteiger partial charge in [-0.2, -0.15) is 0 Å². The first-order valence-corrected chi connectivity index (χ1v) is 7.35. The maximum Gasteiger partial charge on any atom is 0.573 e. The molecule has 0 aromatic heterocycles. The zero-order chi connectivity index (χ0) is 17.7. The highest BCUT2D eigenvalue weighted by atomic mass is 19.4. The van der Waals surface area contributed by atoms with E-state index < -0.39 is 30.0 Å². The quantitative estimate of drug-likeness (QED) is 0.828. The molecule has 0 unspecified atom stereocenters. The number of likely N-dealkylation sites (N-methyl/N-ethyl adjacent to an activating group) is 1. The van der Waals surface area contributed by atoms with Gasteiger partial charge in [-0.05, 0) is 18.7 Å². The monoisotopic (exact) mass is 346 g/mol. The molecule has 1 fully saturated rings. The minimum Gasteiger partial charge on any atom is -0.463 e. The molecule has 0 aliphatic carbocycles. The summed E-state index contributed by atoms with van der Waals surface area (Å²) in [6, 6.07) is 4.24. The van der Waals surface area contributed by atoms with Crippen molar-refractivity contribution >= 4 is 17.6 Å². The second-order valence-electron chi connectivity index (χ2n) is 5.14. The van der Waals surface area contributed by atoms with Gasteiger partial charge in [0.2, 0.25) is 5.91 Å². The summed E-state index contributed by atoms with van der Waals surface area (Å²) in [5.41, 5.74) is 0.147. The normalized spacial score (nSPS) is 18.8. The summed E-state index contributed by atoms with van der Waals surface area (Å²) in [5, 5.41) is 2.46. The van der Waals surface area contributed by atoms with Crippen molar-refractivity contribution in [2.75, 3.05) is 25.0 Å². The van der Waals surface area contributed by atoms with Crippen LogP contribution >= 0.6 is 0 Å². The van der Waals surface area contributed by atoms with E-state index in [0.29, 0.717) is 13.1 Å². The lowest BCUT2D eigenvalue weighted by atomic mass is 10.1. The Balaban J connectivity index is 1.99. The summed E-state index contributed by atoms with van der Waals surface area (Å²) in [7, 11) is 0. The number of hydrogen-bond acceptors (Lipinski definition) is 5. The maximum absolute atomic E-state index is 12.2. The first kappa shape index (κ1) is 18.1. The van der Waals surface area contributed by atoms with Gasteiger partial charge in [-0.15, -0.1) is 13.2 Å². The van der Waals surface area contributed by atoms with Crippen LogP contribution in [0.25, 0.3) is 0 Å². The Bertz CT molecular complexity index is 607. The predicted molar refractivity (Wildman–Crippen MR) is 78.4 cm³/mol. The Morgan fingerprint density at radius 3 is 2.88 bits per heavy atom. The molecule has 132 valence electrons. The van der Waals surface area contributed by atoms with Gasteiger partial charge in [-0.3, -0.25) is 14.5 Å². The number of alkyl halides is 3. The van der Waals surface area contributed by atoms with Gasteiger partial charge in [0.1, 0.15) is 18.4 Å². The molecule has 2 rings (SSSR count). The number of esters is 1. The van der Waals surface area contributed by atoms with Gasteiger partial charge in [-0.25, -0.2) is 0 Å². The standard InChI is InChI=1S/C15H17F3N2O4/c1-2-20-6-7-23-14(22)12(20)9-13(21)19-10-4-3-5-11(8-10)24-15(16,17)18/h3-5,8,12H,2,6-7,9H2,1H3,(H,19,21)/t12-/m0/s1. The van der Waals surface area contributed by atoms with Crippen LogP contribution < -0.4 is 10.1 Å². The van der Waals surface area contributed by atoms with Crippen molar-refractivity contribution in [3.05, 3.63) is 24.3 Å². The van der Waals surface area contributed by atoms with Gasteiger partial charge in [0.25, 0.3) is 0 Å². The number of morpholine rings is 1. The van der Waals surface area contributed by atoms with Crippen LogP contribution in [0, 0.1) is 0 Å². The van der Waals surface area contributed by atoms with Gasteiger partial charge >= 0.3 is 12.3 Å². The van der Waals surface area contributed by atoms with Crippen LogP contribution in [0.1, 0.15) is 13.3 Å². The number of rotatable bonds is 5. The van der Waals surface area contributed by atoms with Gasteiger partial charge < -0.3 is 14.8 Å². The van der Waals surface area contributed by atoms with Crippen LogP contribution in [0.4, 0.5) is 18.9 Å². The topological polar surface area (TPSA) is 67.9 Å². The molecule has 0 spiro atoms. The van der Waals surface area contributed by atoms with Crippen molar-refractivity contribution in [3.8, 4) is 5.75 Å². The van der Waals surface area contributed by atoms with Crippen molar-refractivity contribution in [1.82, 2.24) is 4.90 Å². The van der Waals surface area contributed by atoms with Crippen molar-refractivity contribution < 1.29 is 32.2 Å². The predicted octanol–water partition coefficient (Wildman–Crippen LogP) is 2.16. The number of cyclic esters (lactones) is 1. The molecule has 0 radical (unpaired) electrons. The molecule has 1 atom stereocenters. The van der Waals surface area contributed by atoms with E-state index in [-0.39, 0.29) is 18.7 Å². The average molecular weight is 346 g/mol. The average Bonchev–Trinajstić information content (AvgIpc) is 2.48. The van der Waals surface area contributed by atoms with E-state index in [1.54, 1.807) is 0 Å². The van der Waals surface area contributed by atoms with Crippen LogP contribution in [0.3, 0.4) is 0 Å². The third-order valence-corrected chi connectivity index (χ3v) is 3.47. The van der Waals surface area contributed by atoms with E-state index in [9.17, 15) is 22.8 Å².